The van der Waals surface area contributed by atoms with E-state index < -0.39 is 0 Å². The van der Waals surface area contributed by atoms with Crippen LogP contribution in [0.2, 0.25) is 0 Å². The van der Waals surface area contributed by atoms with Crippen LogP contribution < -0.4 is 10.6 Å². The molecule has 0 aromatic rings. The molecule has 4 heteroatoms. The second kappa shape index (κ2) is 5.94. The fourth-order valence-corrected chi connectivity index (χ4v) is 1.30. The number of esters is 1. The molecule has 0 aromatic carbocycles. The minimum absolute atomic E-state index is 0.0881. The molecule has 1 fully saturated rings. The van der Waals surface area contributed by atoms with Gasteiger partial charge in [-0.3, -0.25) is 4.79 Å². The summed E-state index contributed by atoms with van der Waals surface area (Å²) >= 11 is 0. The summed E-state index contributed by atoms with van der Waals surface area (Å²) in [7, 11) is 0. The van der Waals surface area contributed by atoms with E-state index in [0.717, 1.165) is 26.1 Å². The lowest BCUT2D eigenvalue weighted by Crippen LogP contribution is -2.50. The zero-order valence-corrected chi connectivity index (χ0v) is 8.14. The summed E-state index contributed by atoms with van der Waals surface area (Å²) in [6, 6.07) is 0.287. The number of rotatable bonds is 4. The van der Waals surface area contributed by atoms with E-state index >= 15 is 0 Å². The van der Waals surface area contributed by atoms with Crippen molar-refractivity contribution in [1.29, 1.82) is 0 Å². The van der Waals surface area contributed by atoms with Crippen LogP contribution in [-0.4, -0.2) is 38.3 Å². The molecule has 4 nitrogen and oxygen atoms in total. The van der Waals surface area contributed by atoms with Crippen molar-refractivity contribution in [3.63, 3.8) is 0 Å². The van der Waals surface area contributed by atoms with Gasteiger partial charge in [-0.15, -0.1) is 0 Å². The first kappa shape index (κ1) is 10.5. The Hall–Kier alpha value is -0.610. The Morgan fingerprint density at radius 2 is 2.38 bits per heavy atom. The summed E-state index contributed by atoms with van der Waals surface area (Å²) in [6.07, 6.45) is 1.38. The summed E-state index contributed by atoms with van der Waals surface area (Å²) in [4.78, 5) is 11.0. The Morgan fingerprint density at radius 3 is 3.00 bits per heavy atom. The third-order valence-electron chi connectivity index (χ3n) is 2.03. The summed E-state index contributed by atoms with van der Waals surface area (Å²) in [5.74, 6) is -0.0881. The molecule has 76 valence electrons. The Morgan fingerprint density at radius 1 is 1.54 bits per heavy atom. The van der Waals surface area contributed by atoms with Crippen molar-refractivity contribution in [1.82, 2.24) is 10.6 Å². The van der Waals surface area contributed by atoms with Crippen LogP contribution in [-0.2, 0) is 9.53 Å². The first-order valence-electron chi connectivity index (χ1n) is 4.92. The molecule has 2 N–H and O–H groups in total. The van der Waals surface area contributed by atoms with Gasteiger partial charge in [-0.25, -0.2) is 0 Å². The van der Waals surface area contributed by atoms with Crippen LogP contribution in [0.25, 0.3) is 0 Å². The summed E-state index contributed by atoms with van der Waals surface area (Å²) < 4.78 is 5.08. The molecule has 1 rings (SSSR count). The van der Waals surface area contributed by atoms with Crippen molar-refractivity contribution in [3.05, 3.63) is 0 Å². The molecule has 1 aliphatic heterocycles. The first-order chi connectivity index (χ1) is 6.33. The minimum Gasteiger partial charge on any atom is -0.464 e. The summed E-state index contributed by atoms with van der Waals surface area (Å²) in [5.41, 5.74) is 0. The van der Waals surface area contributed by atoms with E-state index in [4.69, 9.17) is 4.74 Å². The number of hydrogen-bond acceptors (Lipinski definition) is 4. The van der Waals surface area contributed by atoms with Crippen molar-refractivity contribution >= 4 is 5.97 Å². The van der Waals surface area contributed by atoms with Gasteiger partial charge in [0.1, 0.15) is 6.61 Å². The first-order valence-corrected chi connectivity index (χ1v) is 4.92. The number of hydrogen-bond donors (Lipinski definition) is 2. The zero-order valence-electron chi connectivity index (χ0n) is 8.14. The quantitative estimate of drug-likeness (QED) is 0.602. The van der Waals surface area contributed by atoms with Crippen LogP contribution in [0.4, 0.5) is 0 Å². The molecule has 0 radical (unpaired) electrons. The molecule has 0 bridgehead atoms. The van der Waals surface area contributed by atoms with Crippen LogP contribution in [0.15, 0.2) is 0 Å². The molecule has 1 heterocycles. The predicted octanol–water partition coefficient (Wildman–Crippen LogP) is -0.109. The van der Waals surface area contributed by atoms with E-state index in [-0.39, 0.29) is 12.0 Å². The highest BCUT2D eigenvalue weighted by Crippen LogP contribution is 1.94. The number of piperazine rings is 1. The van der Waals surface area contributed by atoms with Gasteiger partial charge in [-0.2, -0.15) is 0 Å². The molecular weight excluding hydrogens is 168 g/mol. The summed E-state index contributed by atoms with van der Waals surface area (Å²) in [5, 5.41) is 6.51. The van der Waals surface area contributed by atoms with Gasteiger partial charge in [0.25, 0.3) is 0 Å². The standard InChI is InChI=1S/C9H18N2O2/c1-2-3-9(12)13-7-8-6-10-4-5-11-8/h8,10-11H,2-7H2,1H3/t8-/m1/s1. The van der Waals surface area contributed by atoms with Crippen molar-refractivity contribution in [2.45, 2.75) is 25.8 Å². The molecular formula is C9H18N2O2. The maximum atomic E-state index is 11.0. The van der Waals surface area contributed by atoms with Crippen LogP contribution in [0, 0.1) is 0 Å². The van der Waals surface area contributed by atoms with Gasteiger partial charge in [0.2, 0.25) is 0 Å². The molecule has 13 heavy (non-hydrogen) atoms. The Kier molecular flexibility index (Phi) is 4.78. The number of carbonyl (C=O) groups excluding carboxylic acids is 1. The van der Waals surface area contributed by atoms with E-state index in [0.29, 0.717) is 13.0 Å². The predicted molar refractivity (Wildman–Crippen MR) is 50.5 cm³/mol. The van der Waals surface area contributed by atoms with Gasteiger partial charge in [0.15, 0.2) is 0 Å². The maximum Gasteiger partial charge on any atom is 0.305 e. The van der Waals surface area contributed by atoms with Crippen LogP contribution in [0.3, 0.4) is 0 Å². The molecule has 0 unspecified atom stereocenters. The third-order valence-corrected chi connectivity index (χ3v) is 2.03. The average Bonchev–Trinajstić information content (AvgIpc) is 2.17. The van der Waals surface area contributed by atoms with Crippen molar-refractivity contribution in [3.8, 4) is 0 Å². The normalized spacial score (nSPS) is 22.7. The molecule has 0 amide bonds. The average molecular weight is 186 g/mol. The number of carbonyl (C=O) groups is 1. The lowest BCUT2D eigenvalue weighted by Gasteiger charge is -2.23. The van der Waals surface area contributed by atoms with E-state index in [9.17, 15) is 4.79 Å². The van der Waals surface area contributed by atoms with Crippen molar-refractivity contribution in [2.24, 2.45) is 0 Å². The van der Waals surface area contributed by atoms with Crippen molar-refractivity contribution in [2.75, 3.05) is 26.2 Å². The zero-order chi connectivity index (χ0) is 9.52. The smallest absolute Gasteiger partial charge is 0.305 e. The number of nitrogens with one attached hydrogen (secondary N) is 2. The van der Waals surface area contributed by atoms with Crippen molar-refractivity contribution < 1.29 is 9.53 Å². The van der Waals surface area contributed by atoms with Gasteiger partial charge in [0, 0.05) is 26.1 Å². The van der Waals surface area contributed by atoms with Crippen LogP contribution >= 0.6 is 0 Å². The maximum absolute atomic E-state index is 11.0. The van der Waals surface area contributed by atoms with Gasteiger partial charge in [0.05, 0.1) is 6.04 Å². The highest BCUT2D eigenvalue weighted by Gasteiger charge is 2.13. The van der Waals surface area contributed by atoms with E-state index in [1.165, 1.54) is 0 Å². The highest BCUT2D eigenvalue weighted by atomic mass is 16.5. The molecule has 0 aliphatic carbocycles. The lowest BCUT2D eigenvalue weighted by atomic mass is 10.2. The minimum atomic E-state index is -0.0881. The van der Waals surface area contributed by atoms with Gasteiger partial charge in [-0.1, -0.05) is 6.92 Å². The largest absolute Gasteiger partial charge is 0.464 e. The Balaban J connectivity index is 2.06. The molecule has 1 atom stereocenters. The Labute approximate surface area is 79.0 Å². The molecule has 0 spiro atoms. The van der Waals surface area contributed by atoms with Crippen LogP contribution in [0.5, 0.6) is 0 Å². The summed E-state index contributed by atoms with van der Waals surface area (Å²) in [6.45, 7) is 5.31. The molecule has 1 aliphatic rings. The molecule has 0 saturated carbocycles. The Bertz CT molecular complexity index is 156. The molecule has 1 saturated heterocycles. The lowest BCUT2D eigenvalue weighted by molar-refractivity contribution is -0.144. The molecule has 0 aromatic heterocycles. The van der Waals surface area contributed by atoms with Gasteiger partial charge in [-0.05, 0) is 6.42 Å². The van der Waals surface area contributed by atoms with E-state index in [1.54, 1.807) is 0 Å². The number of ether oxygens (including phenoxy) is 1. The van der Waals surface area contributed by atoms with E-state index in [2.05, 4.69) is 10.6 Å². The highest BCUT2D eigenvalue weighted by molar-refractivity contribution is 5.69. The third kappa shape index (κ3) is 4.24. The fraction of sp³-hybridized carbons (Fsp3) is 0.889. The SMILES string of the molecule is CCCC(=O)OC[C@H]1CNCCN1. The second-order valence-electron chi connectivity index (χ2n) is 3.29. The van der Waals surface area contributed by atoms with Gasteiger partial charge >= 0.3 is 5.97 Å². The second-order valence-corrected chi connectivity index (χ2v) is 3.29. The fourth-order valence-electron chi connectivity index (χ4n) is 1.30. The monoisotopic (exact) mass is 186 g/mol. The van der Waals surface area contributed by atoms with Gasteiger partial charge < -0.3 is 15.4 Å². The topological polar surface area (TPSA) is 50.4 Å². The van der Waals surface area contributed by atoms with Crippen LogP contribution in [0.1, 0.15) is 19.8 Å². The van der Waals surface area contributed by atoms with E-state index in [1.807, 2.05) is 6.92 Å².